The highest BCUT2D eigenvalue weighted by Gasteiger charge is 2.35. The highest BCUT2D eigenvalue weighted by Crippen LogP contribution is 2.36. The third-order valence-electron chi connectivity index (χ3n) is 6.98. The monoisotopic (exact) mass is 562 g/mol. The van der Waals surface area contributed by atoms with E-state index in [2.05, 4.69) is 15.6 Å². The van der Waals surface area contributed by atoms with Crippen LogP contribution in [0.3, 0.4) is 0 Å². The van der Waals surface area contributed by atoms with E-state index in [-0.39, 0.29) is 36.6 Å². The second-order valence-corrected chi connectivity index (χ2v) is 10.3. The van der Waals surface area contributed by atoms with Gasteiger partial charge in [-0.05, 0) is 61.2 Å². The van der Waals surface area contributed by atoms with Gasteiger partial charge in [-0.2, -0.15) is 0 Å². The second-order valence-electron chi connectivity index (χ2n) is 9.85. The molecule has 1 aliphatic carbocycles. The van der Waals surface area contributed by atoms with Gasteiger partial charge in [0.15, 0.2) is 0 Å². The number of nitrogens with one attached hydrogen (secondary N) is 2. The summed E-state index contributed by atoms with van der Waals surface area (Å²) in [7, 11) is 1.53. The van der Waals surface area contributed by atoms with E-state index in [1.54, 1.807) is 66.9 Å². The van der Waals surface area contributed by atoms with Crippen LogP contribution in [0, 0.1) is 0 Å². The number of halogens is 1. The minimum absolute atomic E-state index is 0.0501. The molecule has 210 valence electrons. The minimum atomic E-state index is -0.953. The maximum Gasteiger partial charge on any atom is 0.248 e. The smallest absolute Gasteiger partial charge is 0.248 e. The van der Waals surface area contributed by atoms with Crippen molar-refractivity contribution in [2.45, 2.75) is 63.5 Å². The van der Waals surface area contributed by atoms with Gasteiger partial charge in [-0.3, -0.25) is 19.3 Å². The van der Waals surface area contributed by atoms with Crippen LogP contribution >= 0.6 is 11.6 Å². The van der Waals surface area contributed by atoms with E-state index in [0.717, 1.165) is 32.1 Å². The molecule has 1 heterocycles. The summed E-state index contributed by atoms with van der Waals surface area (Å²) in [6, 6.07) is 18.5. The van der Waals surface area contributed by atoms with E-state index < -0.39 is 6.04 Å². The molecular formula is C31H35ClN4O4. The van der Waals surface area contributed by atoms with Gasteiger partial charge in [0.1, 0.15) is 17.6 Å². The lowest BCUT2D eigenvalue weighted by atomic mass is 9.94. The Hall–Kier alpha value is -3.91. The zero-order valence-corrected chi connectivity index (χ0v) is 23.4. The summed E-state index contributed by atoms with van der Waals surface area (Å²) in [6.45, 7) is 0. The van der Waals surface area contributed by atoms with E-state index in [4.69, 9.17) is 16.3 Å². The molecule has 1 atom stereocenters. The van der Waals surface area contributed by atoms with Gasteiger partial charge in [-0.1, -0.05) is 61.2 Å². The predicted molar refractivity (Wildman–Crippen MR) is 156 cm³/mol. The standard InChI is InChI=1S/C31H35ClN4O4/c1-40-26-13-6-5-12-25(26)36(29(38)16-9-15-28(37)35-27-14-7-8-21-33-27)30(22-17-19-23(32)20-18-22)31(39)34-24-10-3-2-4-11-24/h5-8,12-14,17-21,24,30H,2-4,9-11,15-16H2,1H3,(H,34,39)(H,33,35,37)/t30-/m1/s1. The third-order valence-corrected chi connectivity index (χ3v) is 7.24. The fourth-order valence-corrected chi connectivity index (χ4v) is 5.12. The van der Waals surface area contributed by atoms with Crippen molar-refractivity contribution in [2.24, 2.45) is 0 Å². The van der Waals surface area contributed by atoms with E-state index in [1.165, 1.54) is 12.0 Å². The molecule has 1 aromatic heterocycles. The number of methoxy groups -OCH3 is 1. The lowest BCUT2D eigenvalue weighted by Crippen LogP contribution is -2.47. The van der Waals surface area contributed by atoms with Crippen molar-refractivity contribution in [1.82, 2.24) is 10.3 Å². The second kappa shape index (κ2) is 14.5. The molecule has 1 saturated carbocycles. The number of amides is 3. The number of hydrogen-bond acceptors (Lipinski definition) is 5. The van der Waals surface area contributed by atoms with Crippen molar-refractivity contribution in [3.05, 3.63) is 83.5 Å². The molecule has 1 fully saturated rings. The van der Waals surface area contributed by atoms with Crippen molar-refractivity contribution in [1.29, 1.82) is 0 Å². The molecule has 4 rings (SSSR count). The number of ether oxygens (including phenoxy) is 1. The zero-order valence-electron chi connectivity index (χ0n) is 22.6. The molecule has 3 amide bonds. The quantitative estimate of drug-likeness (QED) is 0.295. The molecule has 2 aromatic carbocycles. The Kier molecular flexibility index (Phi) is 10.5. The fraction of sp³-hybridized carbons (Fsp3) is 0.355. The van der Waals surface area contributed by atoms with Gasteiger partial charge in [-0.15, -0.1) is 0 Å². The number of carbonyl (C=O) groups excluding carboxylic acids is 3. The molecular weight excluding hydrogens is 528 g/mol. The number of hydrogen-bond donors (Lipinski definition) is 2. The van der Waals surface area contributed by atoms with Crippen LogP contribution in [0.2, 0.25) is 5.02 Å². The normalized spacial score (nSPS) is 14.2. The van der Waals surface area contributed by atoms with Crippen LogP contribution < -0.4 is 20.3 Å². The van der Waals surface area contributed by atoms with Gasteiger partial charge in [0.25, 0.3) is 0 Å². The van der Waals surface area contributed by atoms with Gasteiger partial charge in [0.2, 0.25) is 17.7 Å². The Morgan fingerprint density at radius 1 is 0.975 bits per heavy atom. The maximum atomic E-state index is 14.0. The molecule has 0 bridgehead atoms. The lowest BCUT2D eigenvalue weighted by Gasteiger charge is -2.34. The number of anilines is 2. The average Bonchev–Trinajstić information content (AvgIpc) is 2.97. The first-order valence-electron chi connectivity index (χ1n) is 13.7. The molecule has 2 N–H and O–H groups in total. The first-order valence-corrected chi connectivity index (χ1v) is 14.1. The molecule has 3 aromatic rings. The van der Waals surface area contributed by atoms with Gasteiger partial charge in [0.05, 0.1) is 12.8 Å². The summed E-state index contributed by atoms with van der Waals surface area (Å²) in [5.74, 6) is 0.125. The van der Waals surface area contributed by atoms with Gasteiger partial charge < -0.3 is 15.4 Å². The number of carbonyl (C=O) groups is 3. The number of aromatic nitrogens is 1. The Balaban J connectivity index is 1.60. The number of nitrogens with zero attached hydrogens (tertiary/aromatic N) is 2. The highest BCUT2D eigenvalue weighted by atomic mass is 35.5. The van der Waals surface area contributed by atoms with Crippen LogP contribution in [-0.2, 0) is 14.4 Å². The third kappa shape index (κ3) is 7.82. The summed E-state index contributed by atoms with van der Waals surface area (Å²) >= 11 is 6.17. The maximum absolute atomic E-state index is 14.0. The van der Waals surface area contributed by atoms with Crippen LogP contribution in [0.4, 0.5) is 11.5 Å². The van der Waals surface area contributed by atoms with Crippen molar-refractivity contribution < 1.29 is 19.1 Å². The molecule has 0 aliphatic heterocycles. The first kappa shape index (κ1) is 29.1. The highest BCUT2D eigenvalue weighted by molar-refractivity contribution is 6.30. The summed E-state index contributed by atoms with van der Waals surface area (Å²) in [5, 5.41) is 6.47. The molecule has 40 heavy (non-hydrogen) atoms. The number of benzene rings is 2. The van der Waals surface area contributed by atoms with E-state index in [0.29, 0.717) is 34.3 Å². The molecule has 0 unspecified atom stereocenters. The van der Waals surface area contributed by atoms with E-state index in [9.17, 15) is 14.4 Å². The summed E-state index contributed by atoms with van der Waals surface area (Å²) < 4.78 is 5.60. The van der Waals surface area contributed by atoms with Crippen LogP contribution in [0.1, 0.15) is 63.0 Å². The Morgan fingerprint density at radius 3 is 2.40 bits per heavy atom. The first-order chi connectivity index (χ1) is 19.5. The Morgan fingerprint density at radius 2 is 1.70 bits per heavy atom. The number of pyridine rings is 1. The molecule has 8 nitrogen and oxygen atoms in total. The lowest BCUT2D eigenvalue weighted by molar-refractivity contribution is -0.127. The van der Waals surface area contributed by atoms with Crippen LogP contribution in [0.25, 0.3) is 0 Å². The summed E-state index contributed by atoms with van der Waals surface area (Å²) in [4.78, 5) is 46.0. The Bertz CT molecular complexity index is 1280. The van der Waals surface area contributed by atoms with Crippen molar-refractivity contribution in [3.8, 4) is 5.75 Å². The molecule has 9 heteroatoms. The fourth-order valence-electron chi connectivity index (χ4n) is 5.00. The Labute approximate surface area is 240 Å². The van der Waals surface area contributed by atoms with Crippen molar-refractivity contribution in [2.75, 3.05) is 17.3 Å². The summed E-state index contributed by atoms with van der Waals surface area (Å²) in [6.07, 6.45) is 7.17. The van der Waals surface area contributed by atoms with E-state index in [1.807, 2.05) is 6.07 Å². The summed E-state index contributed by atoms with van der Waals surface area (Å²) in [5.41, 5.74) is 1.11. The number of para-hydroxylation sites is 2. The molecule has 0 spiro atoms. The minimum Gasteiger partial charge on any atom is -0.495 e. The zero-order chi connectivity index (χ0) is 28.3. The topological polar surface area (TPSA) is 101 Å². The van der Waals surface area contributed by atoms with Crippen molar-refractivity contribution >= 4 is 40.8 Å². The predicted octanol–water partition coefficient (Wildman–Crippen LogP) is 6.08. The van der Waals surface area contributed by atoms with Crippen LogP contribution in [0.5, 0.6) is 5.75 Å². The van der Waals surface area contributed by atoms with E-state index >= 15 is 0 Å². The van der Waals surface area contributed by atoms with Gasteiger partial charge in [0, 0.05) is 30.1 Å². The SMILES string of the molecule is COc1ccccc1N(C(=O)CCCC(=O)Nc1ccccn1)[C@@H](C(=O)NC1CCCCC1)c1ccc(Cl)cc1. The molecule has 0 saturated heterocycles. The van der Waals surface area contributed by atoms with Crippen molar-refractivity contribution in [3.63, 3.8) is 0 Å². The van der Waals surface area contributed by atoms with Crippen LogP contribution in [-0.4, -0.2) is 35.9 Å². The molecule has 1 aliphatic rings. The average molecular weight is 563 g/mol. The van der Waals surface area contributed by atoms with Gasteiger partial charge >= 0.3 is 0 Å². The largest absolute Gasteiger partial charge is 0.495 e. The van der Waals surface area contributed by atoms with Gasteiger partial charge in [-0.25, -0.2) is 4.98 Å². The number of rotatable bonds is 11. The van der Waals surface area contributed by atoms with Crippen LogP contribution in [0.15, 0.2) is 72.9 Å². The molecule has 0 radical (unpaired) electrons.